The van der Waals surface area contributed by atoms with E-state index < -0.39 is 6.09 Å². The number of carbonyl (C=O) groups excluding carboxylic acids is 2. The number of amides is 1. The van der Waals surface area contributed by atoms with Gasteiger partial charge in [-0.25, -0.2) is 4.79 Å². The minimum Gasteiger partial charge on any atom is -0.460 e. The molecule has 0 saturated carbocycles. The molecule has 6 nitrogen and oxygen atoms in total. The SMILES string of the molecule is NC(=O)OCc1ccc(COC=O)o1. The molecule has 14 heavy (non-hydrogen) atoms. The summed E-state index contributed by atoms with van der Waals surface area (Å²) in [5.41, 5.74) is 4.75. The normalized spacial score (nSPS) is 9.43. The highest BCUT2D eigenvalue weighted by molar-refractivity contribution is 5.64. The van der Waals surface area contributed by atoms with E-state index in [0.29, 0.717) is 18.0 Å². The Kier molecular flexibility index (Phi) is 3.54. The van der Waals surface area contributed by atoms with E-state index in [0.717, 1.165) is 0 Å². The predicted octanol–water partition coefficient (Wildman–Crippen LogP) is 0.548. The second-order valence-electron chi connectivity index (χ2n) is 2.38. The van der Waals surface area contributed by atoms with E-state index in [2.05, 4.69) is 9.47 Å². The second-order valence-corrected chi connectivity index (χ2v) is 2.38. The Morgan fingerprint density at radius 2 is 2.07 bits per heavy atom. The fraction of sp³-hybridized carbons (Fsp3) is 0.250. The Labute approximate surface area is 79.6 Å². The van der Waals surface area contributed by atoms with E-state index >= 15 is 0 Å². The average Bonchev–Trinajstić information content (AvgIpc) is 2.59. The Morgan fingerprint density at radius 1 is 1.43 bits per heavy atom. The zero-order valence-electron chi connectivity index (χ0n) is 7.26. The minimum atomic E-state index is -0.868. The monoisotopic (exact) mass is 199 g/mol. The van der Waals surface area contributed by atoms with Gasteiger partial charge in [-0.1, -0.05) is 0 Å². The zero-order valence-corrected chi connectivity index (χ0v) is 7.26. The van der Waals surface area contributed by atoms with Crippen LogP contribution >= 0.6 is 0 Å². The molecular formula is C8H9NO5. The molecule has 6 heteroatoms. The first kappa shape index (κ1) is 10.1. The summed E-state index contributed by atoms with van der Waals surface area (Å²) in [6.45, 7) is 0.346. The quantitative estimate of drug-likeness (QED) is 0.699. The number of nitrogens with two attached hydrogens (primary N) is 1. The highest BCUT2D eigenvalue weighted by atomic mass is 16.6. The van der Waals surface area contributed by atoms with Gasteiger partial charge < -0.3 is 19.6 Å². The number of furan rings is 1. The van der Waals surface area contributed by atoms with Crippen LogP contribution in [0.4, 0.5) is 4.79 Å². The van der Waals surface area contributed by atoms with Gasteiger partial charge in [-0.2, -0.15) is 0 Å². The van der Waals surface area contributed by atoms with Crippen LogP contribution in [-0.2, 0) is 27.5 Å². The third-order valence-corrected chi connectivity index (χ3v) is 1.37. The third-order valence-electron chi connectivity index (χ3n) is 1.37. The fourth-order valence-electron chi connectivity index (χ4n) is 0.836. The van der Waals surface area contributed by atoms with Crippen LogP contribution in [0.1, 0.15) is 11.5 Å². The van der Waals surface area contributed by atoms with E-state index in [4.69, 9.17) is 10.2 Å². The molecule has 0 fully saturated rings. The summed E-state index contributed by atoms with van der Waals surface area (Å²) in [7, 11) is 0. The first-order valence-electron chi connectivity index (χ1n) is 3.77. The molecule has 1 aromatic heterocycles. The van der Waals surface area contributed by atoms with Crippen molar-refractivity contribution in [3.8, 4) is 0 Å². The Hall–Kier alpha value is -1.98. The summed E-state index contributed by atoms with van der Waals surface area (Å²) >= 11 is 0. The largest absolute Gasteiger partial charge is 0.460 e. The van der Waals surface area contributed by atoms with Crippen molar-refractivity contribution in [2.75, 3.05) is 0 Å². The van der Waals surface area contributed by atoms with Crippen molar-refractivity contribution in [1.29, 1.82) is 0 Å². The van der Waals surface area contributed by atoms with Crippen LogP contribution in [0, 0.1) is 0 Å². The molecule has 1 rings (SSSR count). The van der Waals surface area contributed by atoms with Crippen molar-refractivity contribution in [3.63, 3.8) is 0 Å². The molecule has 0 aliphatic rings. The molecule has 0 bridgehead atoms. The summed E-state index contributed by atoms with van der Waals surface area (Å²) in [6, 6.07) is 3.22. The van der Waals surface area contributed by atoms with Crippen molar-refractivity contribution in [3.05, 3.63) is 23.7 Å². The highest BCUT2D eigenvalue weighted by Crippen LogP contribution is 2.09. The summed E-state index contributed by atoms with van der Waals surface area (Å²) in [4.78, 5) is 20.1. The molecule has 0 atom stereocenters. The summed E-state index contributed by atoms with van der Waals surface area (Å²) < 4.78 is 14.1. The number of hydrogen-bond acceptors (Lipinski definition) is 5. The maximum absolute atomic E-state index is 10.2. The van der Waals surface area contributed by atoms with Crippen LogP contribution in [-0.4, -0.2) is 12.6 Å². The van der Waals surface area contributed by atoms with Crippen LogP contribution < -0.4 is 5.73 Å². The molecule has 76 valence electrons. The Bertz CT molecular complexity index is 319. The lowest BCUT2D eigenvalue weighted by Gasteiger charge is -1.97. The lowest BCUT2D eigenvalue weighted by molar-refractivity contribution is -0.130. The number of rotatable bonds is 5. The van der Waals surface area contributed by atoms with E-state index in [1.807, 2.05) is 0 Å². The second kappa shape index (κ2) is 4.90. The molecule has 1 heterocycles. The maximum Gasteiger partial charge on any atom is 0.404 e. The van der Waals surface area contributed by atoms with Gasteiger partial charge in [0.15, 0.2) is 6.61 Å². The molecule has 0 radical (unpaired) electrons. The van der Waals surface area contributed by atoms with Gasteiger partial charge >= 0.3 is 6.09 Å². The van der Waals surface area contributed by atoms with Crippen molar-refractivity contribution < 1.29 is 23.5 Å². The number of carbonyl (C=O) groups is 2. The molecule has 0 aromatic carbocycles. The lowest BCUT2D eigenvalue weighted by Crippen LogP contribution is -2.12. The van der Waals surface area contributed by atoms with E-state index in [1.54, 1.807) is 12.1 Å². The van der Waals surface area contributed by atoms with Gasteiger partial charge in [-0.3, -0.25) is 4.79 Å². The van der Waals surface area contributed by atoms with Gasteiger partial charge in [0.25, 0.3) is 6.47 Å². The molecule has 2 N–H and O–H groups in total. The standard InChI is InChI=1S/C8H9NO5/c9-8(11)13-4-7-2-1-6(14-7)3-12-5-10/h1-2,5H,3-4H2,(H2,9,11). The van der Waals surface area contributed by atoms with Crippen LogP contribution in [0.15, 0.2) is 16.5 Å². The predicted molar refractivity (Wildman–Crippen MR) is 43.9 cm³/mol. The Balaban J connectivity index is 2.42. The number of hydrogen-bond donors (Lipinski definition) is 1. The molecule has 0 unspecified atom stereocenters. The van der Waals surface area contributed by atoms with Crippen molar-refractivity contribution in [2.45, 2.75) is 13.2 Å². The van der Waals surface area contributed by atoms with Crippen LogP contribution in [0.2, 0.25) is 0 Å². The summed E-state index contributed by atoms with van der Waals surface area (Å²) in [6.07, 6.45) is -0.868. The maximum atomic E-state index is 10.2. The first-order valence-corrected chi connectivity index (χ1v) is 3.77. The molecular weight excluding hydrogens is 190 g/mol. The summed E-state index contributed by atoms with van der Waals surface area (Å²) in [5, 5.41) is 0. The van der Waals surface area contributed by atoms with Gasteiger partial charge in [0.1, 0.15) is 18.1 Å². The smallest absolute Gasteiger partial charge is 0.404 e. The van der Waals surface area contributed by atoms with Gasteiger partial charge in [-0.15, -0.1) is 0 Å². The molecule has 0 aliphatic carbocycles. The molecule has 0 spiro atoms. The fourth-order valence-corrected chi connectivity index (χ4v) is 0.836. The van der Waals surface area contributed by atoms with Gasteiger partial charge in [0.2, 0.25) is 0 Å². The van der Waals surface area contributed by atoms with Crippen molar-refractivity contribution >= 4 is 12.6 Å². The van der Waals surface area contributed by atoms with Gasteiger partial charge in [0.05, 0.1) is 0 Å². The lowest BCUT2D eigenvalue weighted by atomic mass is 10.4. The Morgan fingerprint density at radius 3 is 2.64 bits per heavy atom. The minimum absolute atomic E-state index is 0.0313. The molecule has 1 amide bonds. The molecule has 1 aromatic rings. The first-order chi connectivity index (χ1) is 6.72. The summed E-state index contributed by atoms with van der Waals surface area (Å²) in [5.74, 6) is 0.911. The number of primary amides is 1. The van der Waals surface area contributed by atoms with Crippen LogP contribution in [0.5, 0.6) is 0 Å². The zero-order chi connectivity index (χ0) is 10.4. The van der Waals surface area contributed by atoms with E-state index in [1.165, 1.54) is 0 Å². The topological polar surface area (TPSA) is 91.8 Å². The molecule has 0 aliphatic heterocycles. The van der Waals surface area contributed by atoms with Crippen molar-refractivity contribution in [2.24, 2.45) is 5.73 Å². The van der Waals surface area contributed by atoms with Gasteiger partial charge in [0, 0.05) is 0 Å². The van der Waals surface area contributed by atoms with Gasteiger partial charge in [-0.05, 0) is 12.1 Å². The van der Waals surface area contributed by atoms with Crippen LogP contribution in [0.3, 0.4) is 0 Å². The van der Waals surface area contributed by atoms with Crippen molar-refractivity contribution in [1.82, 2.24) is 0 Å². The average molecular weight is 199 g/mol. The molecule has 0 saturated heterocycles. The van der Waals surface area contributed by atoms with E-state index in [9.17, 15) is 9.59 Å². The number of ether oxygens (including phenoxy) is 2. The van der Waals surface area contributed by atoms with E-state index in [-0.39, 0.29) is 13.2 Å². The highest BCUT2D eigenvalue weighted by Gasteiger charge is 2.03. The third kappa shape index (κ3) is 3.18. The van der Waals surface area contributed by atoms with Crippen LogP contribution in [0.25, 0.3) is 0 Å².